The molecule has 0 saturated heterocycles. The molecular weight excluding hydrogens is 251 g/mol. The Kier molecular flexibility index (Phi) is 27.0. The Labute approximate surface area is 100 Å². The third kappa shape index (κ3) is 16.9. The van der Waals surface area contributed by atoms with E-state index in [1.807, 2.05) is 12.2 Å². The van der Waals surface area contributed by atoms with E-state index in [1.165, 1.54) is 0 Å². The predicted molar refractivity (Wildman–Crippen MR) is 50.8 cm³/mol. The Morgan fingerprint density at radius 2 is 2.17 bits per heavy atom. The number of unbranched alkanes of at least 4 members (excludes halogenated alkanes) is 1. The SMILES string of the molecule is CCCCO.Cl.[C-]1=CC=CC1.[Zr]. The molecule has 0 aliphatic heterocycles. The minimum Gasteiger partial charge on any atom is -0.396 e. The van der Waals surface area contributed by atoms with Crippen molar-refractivity contribution in [1.29, 1.82) is 0 Å². The summed E-state index contributed by atoms with van der Waals surface area (Å²) in [5, 5.41) is 8.07. The molecule has 1 rings (SSSR count). The summed E-state index contributed by atoms with van der Waals surface area (Å²) in [6, 6.07) is 0. The Morgan fingerprint density at radius 3 is 2.25 bits per heavy atom. The van der Waals surface area contributed by atoms with E-state index in [9.17, 15) is 0 Å². The maximum atomic E-state index is 8.07. The average Bonchev–Trinajstić information content (AvgIpc) is 2.44. The summed E-state index contributed by atoms with van der Waals surface area (Å²) in [5.74, 6) is 0. The smallest absolute Gasteiger partial charge is 0.0430 e. The van der Waals surface area contributed by atoms with E-state index in [1.54, 1.807) is 0 Å². The molecule has 3 heteroatoms. The quantitative estimate of drug-likeness (QED) is 0.762. The van der Waals surface area contributed by atoms with Crippen LogP contribution < -0.4 is 0 Å². The van der Waals surface area contributed by atoms with Crippen LogP contribution in [-0.2, 0) is 26.2 Å². The van der Waals surface area contributed by atoms with Gasteiger partial charge in [-0.1, -0.05) is 13.3 Å². The third-order valence-corrected chi connectivity index (χ3v) is 1.10. The van der Waals surface area contributed by atoms with Gasteiger partial charge in [-0.2, -0.15) is 6.08 Å². The summed E-state index contributed by atoms with van der Waals surface area (Å²) in [7, 11) is 0. The second kappa shape index (κ2) is 17.6. The molecule has 0 aromatic carbocycles. The van der Waals surface area contributed by atoms with E-state index >= 15 is 0 Å². The molecule has 1 nitrogen and oxygen atoms in total. The van der Waals surface area contributed by atoms with Crippen molar-refractivity contribution in [3.05, 3.63) is 24.3 Å². The maximum absolute atomic E-state index is 8.07. The van der Waals surface area contributed by atoms with E-state index in [0.717, 1.165) is 19.3 Å². The Morgan fingerprint density at radius 1 is 1.50 bits per heavy atom. The van der Waals surface area contributed by atoms with E-state index in [-0.39, 0.29) is 38.6 Å². The van der Waals surface area contributed by atoms with Crippen LogP contribution in [0.2, 0.25) is 0 Å². The number of aliphatic hydroxyl groups excluding tert-OH is 1. The fourth-order valence-corrected chi connectivity index (χ4v) is 0.498. The predicted octanol–water partition coefficient (Wildman–Crippen LogP) is 2.50. The number of allylic oxidation sites excluding steroid dienone is 4. The van der Waals surface area contributed by atoms with Crippen LogP contribution in [-0.4, -0.2) is 11.7 Å². The van der Waals surface area contributed by atoms with Crippen molar-refractivity contribution in [3.8, 4) is 0 Å². The summed E-state index contributed by atoms with van der Waals surface area (Å²) < 4.78 is 0. The van der Waals surface area contributed by atoms with Gasteiger partial charge in [0.15, 0.2) is 0 Å². The topological polar surface area (TPSA) is 20.2 Å². The van der Waals surface area contributed by atoms with Crippen molar-refractivity contribution >= 4 is 12.4 Å². The molecule has 12 heavy (non-hydrogen) atoms. The summed E-state index contributed by atoms with van der Waals surface area (Å²) in [5.41, 5.74) is 0. The molecule has 1 aliphatic carbocycles. The molecule has 1 N–H and O–H groups in total. The average molecular weight is 267 g/mol. The van der Waals surface area contributed by atoms with Crippen LogP contribution in [0.1, 0.15) is 26.2 Å². The van der Waals surface area contributed by atoms with E-state index < -0.39 is 0 Å². The zero-order chi connectivity index (χ0) is 7.66. The van der Waals surface area contributed by atoms with Crippen molar-refractivity contribution in [1.82, 2.24) is 0 Å². The van der Waals surface area contributed by atoms with Crippen LogP contribution in [0.15, 0.2) is 18.2 Å². The first kappa shape index (κ1) is 18.4. The fourth-order valence-electron chi connectivity index (χ4n) is 0.498. The van der Waals surface area contributed by atoms with Crippen molar-refractivity contribution in [2.75, 3.05) is 6.61 Å². The Hall–Kier alpha value is 0.613. The van der Waals surface area contributed by atoms with Crippen molar-refractivity contribution < 1.29 is 31.3 Å². The molecule has 0 aromatic rings. The Balaban J connectivity index is -0.000000116. The molecule has 0 bridgehead atoms. The van der Waals surface area contributed by atoms with Crippen LogP contribution in [0, 0.1) is 6.08 Å². The van der Waals surface area contributed by atoms with Gasteiger partial charge in [-0.3, -0.25) is 6.08 Å². The first-order chi connectivity index (χ1) is 4.91. The van der Waals surface area contributed by atoms with E-state index in [4.69, 9.17) is 5.11 Å². The molecule has 0 amide bonds. The van der Waals surface area contributed by atoms with Gasteiger partial charge in [0.2, 0.25) is 0 Å². The first-order valence-corrected chi connectivity index (χ1v) is 3.74. The maximum Gasteiger partial charge on any atom is 0.0430 e. The van der Waals surface area contributed by atoms with Crippen LogP contribution in [0.25, 0.3) is 0 Å². The number of hydrogen-bond donors (Lipinski definition) is 1. The summed E-state index contributed by atoms with van der Waals surface area (Å²) in [6.45, 7) is 2.40. The van der Waals surface area contributed by atoms with Gasteiger partial charge in [0.1, 0.15) is 0 Å². The minimum absolute atomic E-state index is 0. The molecule has 0 heterocycles. The molecule has 0 fully saturated rings. The molecule has 1 aliphatic rings. The number of hydrogen-bond acceptors (Lipinski definition) is 1. The van der Waals surface area contributed by atoms with Gasteiger partial charge in [-0.15, -0.1) is 18.8 Å². The van der Waals surface area contributed by atoms with Gasteiger partial charge in [0.05, 0.1) is 0 Å². The molecule has 0 unspecified atom stereocenters. The molecule has 0 saturated carbocycles. The second-order valence-corrected chi connectivity index (χ2v) is 2.08. The molecular formula is C9H16ClOZr-. The standard InChI is InChI=1S/C5H5.C4H10O.ClH.Zr/c1-2-4-5-3-1;1-2-3-4-5;;/h1-3H,4H2;5H,2-4H2,1H3;1H;/q-1;;;. The number of rotatable bonds is 2. The Bertz CT molecular complexity index is 101. The van der Waals surface area contributed by atoms with Gasteiger partial charge in [0, 0.05) is 32.8 Å². The summed E-state index contributed by atoms with van der Waals surface area (Å²) in [4.78, 5) is 0. The van der Waals surface area contributed by atoms with E-state index in [0.29, 0.717) is 6.61 Å². The van der Waals surface area contributed by atoms with Crippen LogP contribution in [0.5, 0.6) is 0 Å². The number of halogens is 1. The molecule has 0 radical (unpaired) electrons. The monoisotopic (exact) mass is 265 g/mol. The number of aliphatic hydroxyl groups is 1. The van der Waals surface area contributed by atoms with Gasteiger partial charge in [-0.25, -0.2) is 12.2 Å². The van der Waals surface area contributed by atoms with Crippen molar-refractivity contribution in [3.63, 3.8) is 0 Å². The zero-order valence-corrected chi connectivity index (χ0v) is 10.7. The van der Waals surface area contributed by atoms with Gasteiger partial charge >= 0.3 is 0 Å². The van der Waals surface area contributed by atoms with E-state index in [2.05, 4.69) is 19.1 Å². The van der Waals surface area contributed by atoms with Crippen molar-refractivity contribution in [2.24, 2.45) is 0 Å². The zero-order valence-electron chi connectivity index (χ0n) is 7.42. The van der Waals surface area contributed by atoms with Gasteiger partial charge in [-0.05, 0) is 6.42 Å². The summed E-state index contributed by atoms with van der Waals surface area (Å²) in [6.07, 6.45) is 12.0. The normalized spacial score (nSPS) is 10.8. The van der Waals surface area contributed by atoms with Crippen molar-refractivity contribution in [2.45, 2.75) is 26.2 Å². The largest absolute Gasteiger partial charge is 0.396 e. The molecule has 70 valence electrons. The van der Waals surface area contributed by atoms with Gasteiger partial charge in [0.25, 0.3) is 0 Å². The molecule has 0 aromatic heterocycles. The van der Waals surface area contributed by atoms with Crippen LogP contribution in [0.4, 0.5) is 0 Å². The minimum atomic E-state index is 0. The van der Waals surface area contributed by atoms with Crippen LogP contribution in [0.3, 0.4) is 0 Å². The second-order valence-electron chi connectivity index (χ2n) is 2.08. The van der Waals surface area contributed by atoms with Crippen LogP contribution >= 0.6 is 12.4 Å². The summed E-state index contributed by atoms with van der Waals surface area (Å²) >= 11 is 0. The van der Waals surface area contributed by atoms with Gasteiger partial charge < -0.3 is 5.11 Å². The third-order valence-electron chi connectivity index (χ3n) is 1.10. The fraction of sp³-hybridized carbons (Fsp3) is 0.556. The molecule has 0 atom stereocenters. The first-order valence-electron chi connectivity index (χ1n) is 3.74. The molecule has 0 spiro atoms.